The Morgan fingerprint density at radius 1 is 1.29 bits per heavy atom. The Hall–Kier alpha value is -2.79. The summed E-state index contributed by atoms with van der Waals surface area (Å²) >= 11 is 0. The van der Waals surface area contributed by atoms with Crippen LogP contribution in [0.5, 0.6) is 11.6 Å². The molecule has 2 aliphatic heterocycles. The lowest BCUT2D eigenvalue weighted by Crippen LogP contribution is -2.51. The molecule has 0 saturated carbocycles. The Balaban J connectivity index is 1.79. The monoisotopic (exact) mass is 452 g/mol. The maximum Gasteiger partial charge on any atom is 0.318 e. The fourth-order valence-electron chi connectivity index (χ4n) is 3.88. The predicted molar refractivity (Wildman–Crippen MR) is 109 cm³/mol. The summed E-state index contributed by atoms with van der Waals surface area (Å²) in [5.74, 6) is -0.519. The van der Waals surface area contributed by atoms with Crippen molar-refractivity contribution in [2.24, 2.45) is 0 Å². The molecule has 2 aliphatic rings. The van der Waals surface area contributed by atoms with Crippen molar-refractivity contribution in [3.05, 3.63) is 53.0 Å². The van der Waals surface area contributed by atoms with Crippen LogP contribution < -0.4 is 14.8 Å². The molecule has 4 bridgehead atoms. The highest BCUT2D eigenvalue weighted by molar-refractivity contribution is 7.88. The van der Waals surface area contributed by atoms with Gasteiger partial charge in [0.15, 0.2) is 11.6 Å². The normalized spacial score (nSPS) is 23.7. The highest BCUT2D eigenvalue weighted by Gasteiger charge is 2.46. The van der Waals surface area contributed by atoms with Gasteiger partial charge in [-0.05, 0) is 31.0 Å². The van der Waals surface area contributed by atoms with Gasteiger partial charge in [0, 0.05) is 5.56 Å². The molecule has 1 aromatic heterocycles. The van der Waals surface area contributed by atoms with E-state index < -0.39 is 40.1 Å². The van der Waals surface area contributed by atoms with Gasteiger partial charge in [0.2, 0.25) is 15.9 Å². The molecule has 3 heterocycles. The summed E-state index contributed by atoms with van der Waals surface area (Å²) in [4.78, 5) is 18.4. The summed E-state index contributed by atoms with van der Waals surface area (Å²) in [7, 11) is -3.76. The molecule has 11 heteroatoms. The lowest BCUT2D eigenvalue weighted by Gasteiger charge is -2.28. The van der Waals surface area contributed by atoms with Crippen molar-refractivity contribution in [2.75, 3.05) is 12.8 Å². The van der Waals surface area contributed by atoms with Crippen molar-refractivity contribution in [3.8, 4) is 11.6 Å². The van der Waals surface area contributed by atoms with Crippen LogP contribution in [-0.2, 0) is 23.0 Å². The standard InChI is InChI=1S/C20H22F2N4O4S/c1-11-6-7-13-9-23-20(27)26-10-14(21)18(25-31(2,28)29)15(26)8-12-4-3-5-16(17(12)22)30-19(11)24-13/h3-7,14-15,18,25H,8-10H2,1-2H3,(H,23,27)/t14-,15-,18-/m0/s1. The van der Waals surface area contributed by atoms with Gasteiger partial charge >= 0.3 is 6.03 Å². The number of aryl methyl sites for hydroxylation is 1. The average Bonchev–Trinajstić information content (AvgIpc) is 2.99. The number of hydrogen-bond acceptors (Lipinski definition) is 5. The van der Waals surface area contributed by atoms with E-state index in [-0.39, 0.29) is 36.7 Å². The number of hydrogen-bond donors (Lipinski definition) is 2. The van der Waals surface area contributed by atoms with Crippen LogP contribution in [0.1, 0.15) is 16.8 Å². The van der Waals surface area contributed by atoms with E-state index >= 15 is 4.39 Å². The molecule has 1 saturated heterocycles. The van der Waals surface area contributed by atoms with Crippen molar-refractivity contribution >= 4 is 16.1 Å². The number of alkyl halides is 1. The Morgan fingerprint density at radius 3 is 2.81 bits per heavy atom. The summed E-state index contributed by atoms with van der Waals surface area (Å²) in [6, 6.07) is 5.23. The van der Waals surface area contributed by atoms with Crippen LogP contribution in [0, 0.1) is 12.7 Å². The third-order valence-corrected chi connectivity index (χ3v) is 6.09. The zero-order chi connectivity index (χ0) is 22.3. The number of halogens is 2. The first kappa shape index (κ1) is 21.4. The fraction of sp³-hybridized carbons (Fsp3) is 0.400. The maximum atomic E-state index is 15.2. The van der Waals surface area contributed by atoms with Crippen LogP contribution in [0.15, 0.2) is 30.3 Å². The van der Waals surface area contributed by atoms with Crippen LogP contribution in [0.4, 0.5) is 13.6 Å². The quantitative estimate of drug-likeness (QED) is 0.726. The zero-order valence-electron chi connectivity index (χ0n) is 16.9. The Bertz CT molecular complexity index is 1130. The molecule has 1 fully saturated rings. The number of carbonyl (C=O) groups excluding carboxylic acids is 1. The molecule has 1 aromatic carbocycles. The van der Waals surface area contributed by atoms with Gasteiger partial charge in [-0.2, -0.15) is 0 Å². The van der Waals surface area contributed by atoms with E-state index in [1.165, 1.54) is 17.0 Å². The summed E-state index contributed by atoms with van der Waals surface area (Å²) in [6.45, 7) is 1.48. The van der Waals surface area contributed by atoms with Gasteiger partial charge in [-0.25, -0.2) is 31.7 Å². The number of amides is 2. The molecule has 0 radical (unpaired) electrons. The van der Waals surface area contributed by atoms with Crippen LogP contribution in [-0.4, -0.2) is 55.4 Å². The summed E-state index contributed by atoms with van der Waals surface area (Å²) in [5.41, 5.74) is 1.33. The summed E-state index contributed by atoms with van der Waals surface area (Å²) in [6.07, 6.45) is -0.837. The van der Waals surface area contributed by atoms with Gasteiger partial charge in [-0.3, -0.25) is 0 Å². The molecular formula is C20H22F2N4O4S. The Kier molecular flexibility index (Phi) is 5.56. The number of pyridine rings is 1. The van der Waals surface area contributed by atoms with E-state index in [4.69, 9.17) is 4.74 Å². The molecule has 2 amide bonds. The number of rotatable bonds is 2. The van der Waals surface area contributed by atoms with Gasteiger partial charge < -0.3 is 15.0 Å². The number of sulfonamides is 1. The van der Waals surface area contributed by atoms with E-state index in [0.717, 1.165) is 6.26 Å². The van der Waals surface area contributed by atoms with Crippen molar-refractivity contribution < 1.29 is 26.7 Å². The predicted octanol–water partition coefficient (Wildman–Crippen LogP) is 2.03. The van der Waals surface area contributed by atoms with Crippen LogP contribution in [0.25, 0.3) is 0 Å². The third kappa shape index (κ3) is 4.47. The van der Waals surface area contributed by atoms with Gasteiger partial charge in [0.25, 0.3) is 0 Å². The molecule has 2 N–H and O–H groups in total. The molecule has 31 heavy (non-hydrogen) atoms. The second-order valence-electron chi connectivity index (χ2n) is 7.77. The van der Waals surface area contributed by atoms with E-state index in [9.17, 15) is 17.6 Å². The van der Waals surface area contributed by atoms with Gasteiger partial charge in [0.1, 0.15) is 6.17 Å². The van der Waals surface area contributed by atoms with Gasteiger partial charge in [0.05, 0.1) is 37.1 Å². The number of carbonyl (C=O) groups is 1. The molecule has 0 aliphatic carbocycles. The SMILES string of the molecule is Cc1ccc2nc1Oc1cccc(c1F)C[C@H]1[C@@H](NS(C)(=O)=O)[C@@H](F)CN1C(=O)NC2. The van der Waals surface area contributed by atoms with Crippen LogP contribution in [0.2, 0.25) is 0 Å². The molecule has 0 spiro atoms. The first-order chi connectivity index (χ1) is 14.6. The van der Waals surface area contributed by atoms with E-state index in [1.54, 1.807) is 25.1 Å². The molecular weight excluding hydrogens is 430 g/mol. The molecule has 4 rings (SSSR count). The third-order valence-electron chi connectivity index (χ3n) is 5.39. The second kappa shape index (κ2) is 8.04. The summed E-state index contributed by atoms with van der Waals surface area (Å²) in [5, 5.41) is 2.68. The second-order valence-corrected chi connectivity index (χ2v) is 9.55. The van der Waals surface area contributed by atoms with Crippen LogP contribution >= 0.6 is 0 Å². The lowest BCUT2D eigenvalue weighted by molar-refractivity contribution is 0.187. The number of benzene rings is 1. The van der Waals surface area contributed by atoms with Gasteiger partial charge in [-0.1, -0.05) is 18.2 Å². The van der Waals surface area contributed by atoms with Crippen molar-refractivity contribution in [3.63, 3.8) is 0 Å². The molecule has 166 valence electrons. The first-order valence-corrected chi connectivity index (χ1v) is 11.6. The molecule has 3 atom stereocenters. The number of urea groups is 1. The largest absolute Gasteiger partial charge is 0.436 e. The molecule has 2 aromatic rings. The van der Waals surface area contributed by atoms with E-state index in [1.807, 2.05) is 0 Å². The Labute approximate surface area is 178 Å². The van der Waals surface area contributed by atoms with Gasteiger partial charge in [-0.15, -0.1) is 0 Å². The minimum Gasteiger partial charge on any atom is -0.436 e. The number of aromatic nitrogens is 1. The lowest BCUT2D eigenvalue weighted by atomic mass is 9.99. The smallest absolute Gasteiger partial charge is 0.318 e. The van der Waals surface area contributed by atoms with Crippen LogP contribution in [0.3, 0.4) is 0 Å². The number of nitrogens with one attached hydrogen (secondary N) is 2. The Morgan fingerprint density at radius 2 is 2.06 bits per heavy atom. The molecule has 0 unspecified atom stereocenters. The number of nitrogens with zero attached hydrogens (tertiary/aromatic N) is 2. The highest BCUT2D eigenvalue weighted by Crippen LogP contribution is 2.31. The topological polar surface area (TPSA) is 101 Å². The average molecular weight is 452 g/mol. The van der Waals surface area contributed by atoms with Crippen molar-refractivity contribution in [1.29, 1.82) is 0 Å². The number of fused-ring (bicyclic) bond motifs is 5. The highest BCUT2D eigenvalue weighted by atomic mass is 32.2. The maximum absolute atomic E-state index is 15.2. The summed E-state index contributed by atoms with van der Waals surface area (Å²) < 4.78 is 61.6. The molecule has 8 nitrogen and oxygen atoms in total. The van der Waals surface area contributed by atoms with E-state index in [2.05, 4.69) is 15.0 Å². The number of ether oxygens (including phenoxy) is 1. The minimum atomic E-state index is -3.76. The zero-order valence-corrected chi connectivity index (χ0v) is 17.7. The fourth-order valence-corrected chi connectivity index (χ4v) is 4.68. The van der Waals surface area contributed by atoms with Crippen molar-refractivity contribution in [2.45, 2.75) is 38.1 Å². The minimum absolute atomic E-state index is 0.0416. The van der Waals surface area contributed by atoms with E-state index in [0.29, 0.717) is 11.3 Å². The van der Waals surface area contributed by atoms with Crippen molar-refractivity contribution in [1.82, 2.24) is 19.9 Å². The first-order valence-electron chi connectivity index (χ1n) is 9.70.